The molecule has 0 saturated carbocycles. The van der Waals surface area contributed by atoms with Crippen LogP contribution in [0.1, 0.15) is 36.6 Å². The van der Waals surface area contributed by atoms with Gasteiger partial charge in [0.1, 0.15) is 0 Å². The molecule has 39 heavy (non-hydrogen) atoms. The topological polar surface area (TPSA) is 57.7 Å². The minimum atomic E-state index is -6.80. The van der Waals surface area contributed by atoms with Crippen molar-refractivity contribution in [1.82, 2.24) is 9.80 Å². The maximum atomic E-state index is 13.8. The second kappa shape index (κ2) is 9.35. The van der Waals surface area contributed by atoms with Crippen molar-refractivity contribution in [2.75, 3.05) is 13.1 Å². The standard InChI is InChI=1S/C20H12F14N2O3/c1-3-35(6-15(21,22)17(25,26)19(29,30)31)12(37)9-5-11-10(4-8(9)2)13(38)36(14(11)39)7-16(23,24)18(27,28)20(32,33)34/h3-5H,1,6-7H2,2H3. The highest BCUT2D eigenvalue weighted by atomic mass is 19.4. The SMILES string of the molecule is C=CN(CC(F)(F)C(F)(F)C(F)(F)F)C(=O)c1cc2c(cc1C)C(=O)N(CC(F)(F)C(F)(F)C(F)(F)F)C2=O. The highest BCUT2D eigenvalue weighted by molar-refractivity contribution is 6.22. The highest BCUT2D eigenvalue weighted by Crippen LogP contribution is 2.48. The lowest BCUT2D eigenvalue weighted by molar-refractivity contribution is -0.354. The van der Waals surface area contributed by atoms with E-state index in [0.29, 0.717) is 12.1 Å². The van der Waals surface area contributed by atoms with Crippen LogP contribution in [0.25, 0.3) is 0 Å². The number of imide groups is 1. The lowest BCUT2D eigenvalue weighted by Crippen LogP contribution is -2.57. The number of alkyl halides is 14. The van der Waals surface area contributed by atoms with Gasteiger partial charge in [-0.05, 0) is 24.6 Å². The van der Waals surface area contributed by atoms with Crippen LogP contribution in [0.15, 0.2) is 24.9 Å². The van der Waals surface area contributed by atoms with Crippen LogP contribution >= 0.6 is 0 Å². The van der Waals surface area contributed by atoms with E-state index in [1.807, 2.05) is 0 Å². The molecule has 0 spiro atoms. The normalized spacial score (nSPS) is 15.5. The minimum Gasteiger partial charge on any atom is -0.309 e. The second-order valence-electron chi connectivity index (χ2n) is 8.08. The van der Waals surface area contributed by atoms with E-state index >= 15 is 0 Å². The summed E-state index contributed by atoms with van der Waals surface area (Å²) in [6.07, 6.45) is -13.4. The first kappa shape index (κ1) is 31.8. The Morgan fingerprint density at radius 1 is 0.795 bits per heavy atom. The van der Waals surface area contributed by atoms with Gasteiger partial charge in [0.05, 0.1) is 24.2 Å². The molecule has 2 rings (SSSR count). The van der Waals surface area contributed by atoms with Gasteiger partial charge in [0.15, 0.2) is 0 Å². The number of aryl methyl sites for hydroxylation is 1. The number of fused-ring (bicyclic) bond motifs is 1. The zero-order chi connectivity index (χ0) is 30.7. The van der Waals surface area contributed by atoms with E-state index in [2.05, 4.69) is 6.58 Å². The van der Waals surface area contributed by atoms with Gasteiger partial charge in [0, 0.05) is 11.8 Å². The van der Waals surface area contributed by atoms with Gasteiger partial charge in [-0.3, -0.25) is 19.3 Å². The Labute approximate surface area is 207 Å². The minimum absolute atomic E-state index is 0.106. The number of carbonyl (C=O) groups is 3. The molecule has 1 heterocycles. The van der Waals surface area contributed by atoms with Crippen molar-refractivity contribution in [1.29, 1.82) is 0 Å². The number of amides is 3. The van der Waals surface area contributed by atoms with Crippen molar-refractivity contribution >= 4 is 17.7 Å². The highest BCUT2D eigenvalue weighted by Gasteiger charge is 2.74. The zero-order valence-electron chi connectivity index (χ0n) is 18.8. The number of hydrogen-bond donors (Lipinski definition) is 0. The molecule has 1 aromatic carbocycles. The van der Waals surface area contributed by atoms with Gasteiger partial charge in [0.25, 0.3) is 17.7 Å². The molecule has 0 aliphatic carbocycles. The van der Waals surface area contributed by atoms with Gasteiger partial charge in [0.2, 0.25) is 0 Å². The number of carbonyl (C=O) groups excluding carboxylic acids is 3. The number of rotatable bonds is 8. The number of hydrogen-bond acceptors (Lipinski definition) is 3. The third-order valence-corrected chi connectivity index (χ3v) is 5.38. The van der Waals surface area contributed by atoms with E-state index < -0.39 is 98.9 Å². The van der Waals surface area contributed by atoms with Crippen molar-refractivity contribution in [3.8, 4) is 0 Å². The zero-order valence-corrected chi connectivity index (χ0v) is 18.8. The summed E-state index contributed by atoms with van der Waals surface area (Å²) < 4.78 is 183. The van der Waals surface area contributed by atoms with Crippen molar-refractivity contribution in [2.45, 2.75) is 43.0 Å². The van der Waals surface area contributed by atoms with Crippen LogP contribution in [0.3, 0.4) is 0 Å². The third kappa shape index (κ3) is 5.13. The van der Waals surface area contributed by atoms with Gasteiger partial charge >= 0.3 is 36.0 Å². The third-order valence-electron chi connectivity index (χ3n) is 5.38. The Balaban J connectivity index is 2.45. The summed E-state index contributed by atoms with van der Waals surface area (Å²) in [5.74, 6) is -30.9. The fraction of sp³-hybridized carbons (Fsp3) is 0.450. The van der Waals surface area contributed by atoms with Crippen LogP contribution in [0.5, 0.6) is 0 Å². The van der Waals surface area contributed by atoms with Gasteiger partial charge in [-0.2, -0.15) is 61.5 Å². The Bertz CT molecular complexity index is 1200. The quantitative estimate of drug-likeness (QED) is 0.281. The molecule has 218 valence electrons. The number of benzene rings is 1. The van der Waals surface area contributed by atoms with Gasteiger partial charge < -0.3 is 4.90 Å². The fourth-order valence-electron chi connectivity index (χ4n) is 3.22. The maximum absolute atomic E-state index is 13.8. The Hall–Kier alpha value is -3.41. The molecular weight excluding hydrogens is 582 g/mol. The van der Waals surface area contributed by atoms with Crippen LogP contribution in [0.2, 0.25) is 0 Å². The Kier molecular flexibility index (Phi) is 7.63. The van der Waals surface area contributed by atoms with E-state index in [4.69, 9.17) is 0 Å². The predicted octanol–water partition coefficient (Wildman–Crippen LogP) is 5.84. The largest absolute Gasteiger partial charge is 0.459 e. The molecule has 1 aliphatic heterocycles. The molecular formula is C20H12F14N2O3. The van der Waals surface area contributed by atoms with E-state index in [-0.39, 0.29) is 6.20 Å². The summed E-state index contributed by atoms with van der Waals surface area (Å²) in [6.45, 7) is -1.68. The Morgan fingerprint density at radius 2 is 1.21 bits per heavy atom. The van der Waals surface area contributed by atoms with Crippen LogP contribution in [0.4, 0.5) is 61.5 Å². The maximum Gasteiger partial charge on any atom is 0.459 e. The van der Waals surface area contributed by atoms with Crippen LogP contribution in [0, 0.1) is 6.92 Å². The van der Waals surface area contributed by atoms with Crippen molar-refractivity contribution < 1.29 is 75.8 Å². The van der Waals surface area contributed by atoms with Gasteiger partial charge in [-0.15, -0.1) is 0 Å². The molecule has 0 unspecified atom stereocenters. The first-order valence-electron chi connectivity index (χ1n) is 9.84. The summed E-state index contributed by atoms with van der Waals surface area (Å²) in [7, 11) is 0. The molecule has 1 aromatic rings. The molecule has 5 nitrogen and oxygen atoms in total. The van der Waals surface area contributed by atoms with E-state index in [9.17, 15) is 75.8 Å². The fourth-order valence-corrected chi connectivity index (χ4v) is 3.22. The smallest absolute Gasteiger partial charge is 0.309 e. The average molecular weight is 594 g/mol. The summed E-state index contributed by atoms with van der Waals surface area (Å²) >= 11 is 0. The monoisotopic (exact) mass is 594 g/mol. The van der Waals surface area contributed by atoms with Crippen LogP contribution in [-0.2, 0) is 0 Å². The molecule has 0 fully saturated rings. The molecule has 19 heteroatoms. The van der Waals surface area contributed by atoms with Gasteiger partial charge in [-0.25, -0.2) is 0 Å². The lowest BCUT2D eigenvalue weighted by atomic mass is 9.99. The summed E-state index contributed by atoms with van der Waals surface area (Å²) in [5, 5.41) is 0. The molecule has 0 N–H and O–H groups in total. The van der Waals surface area contributed by atoms with Crippen molar-refractivity contribution in [3.05, 3.63) is 47.2 Å². The molecule has 0 aromatic heterocycles. The predicted molar refractivity (Wildman–Crippen MR) is 99.7 cm³/mol. The molecule has 0 radical (unpaired) electrons. The number of nitrogens with zero attached hydrogens (tertiary/aromatic N) is 2. The van der Waals surface area contributed by atoms with E-state index in [1.54, 1.807) is 0 Å². The average Bonchev–Trinajstić information content (AvgIpc) is 2.98. The summed E-state index contributed by atoms with van der Waals surface area (Å²) in [5.41, 5.74) is -3.42. The molecule has 1 aliphatic rings. The van der Waals surface area contributed by atoms with Gasteiger partial charge in [-0.1, -0.05) is 6.58 Å². The summed E-state index contributed by atoms with van der Waals surface area (Å²) in [6, 6.07) is 0.844. The van der Waals surface area contributed by atoms with Crippen molar-refractivity contribution in [2.24, 2.45) is 0 Å². The lowest BCUT2D eigenvalue weighted by Gasteiger charge is -2.31. The van der Waals surface area contributed by atoms with Crippen molar-refractivity contribution in [3.63, 3.8) is 0 Å². The van der Waals surface area contributed by atoms with Crippen LogP contribution in [-0.4, -0.2) is 76.7 Å². The van der Waals surface area contributed by atoms with E-state index in [0.717, 1.165) is 6.92 Å². The summed E-state index contributed by atoms with van der Waals surface area (Å²) in [4.78, 5) is 36.2. The molecule has 3 amide bonds. The molecule has 0 bridgehead atoms. The van der Waals surface area contributed by atoms with Crippen LogP contribution < -0.4 is 0 Å². The molecule has 0 atom stereocenters. The second-order valence-corrected chi connectivity index (χ2v) is 8.08. The first-order chi connectivity index (χ1) is 17.2. The van der Waals surface area contributed by atoms with E-state index in [1.165, 1.54) is 0 Å². The Morgan fingerprint density at radius 3 is 1.62 bits per heavy atom. The molecule has 0 saturated heterocycles. The first-order valence-corrected chi connectivity index (χ1v) is 9.84. The number of halogens is 14.